The summed E-state index contributed by atoms with van der Waals surface area (Å²) in [5, 5.41) is 9.92. The molecule has 230 valence electrons. The molecular formula is C30H33ClF5NO4S. The van der Waals surface area contributed by atoms with E-state index in [1.165, 1.54) is 38.1 Å². The Hall–Kier alpha value is -2.73. The molecule has 1 atom stereocenters. The number of aliphatic hydroxyl groups is 1. The van der Waals surface area contributed by atoms with Crippen molar-refractivity contribution < 1.29 is 40.2 Å². The molecule has 0 fully saturated rings. The molecule has 0 heterocycles. The van der Waals surface area contributed by atoms with Crippen LogP contribution in [0.25, 0.3) is 0 Å². The first-order valence-electron chi connectivity index (χ1n) is 13.1. The molecule has 0 bridgehead atoms. The predicted molar refractivity (Wildman–Crippen MR) is 151 cm³/mol. The molecule has 3 aromatic carbocycles. The number of hydrogen-bond donors (Lipinski definition) is 1. The lowest BCUT2D eigenvalue weighted by Crippen LogP contribution is -2.30. The lowest BCUT2D eigenvalue weighted by molar-refractivity contribution is -0.137. The van der Waals surface area contributed by atoms with E-state index in [2.05, 4.69) is 0 Å². The normalized spacial score (nSPS) is 13.4. The highest BCUT2D eigenvalue weighted by Crippen LogP contribution is 2.37. The van der Waals surface area contributed by atoms with Gasteiger partial charge in [-0.2, -0.15) is 13.2 Å². The molecule has 0 aliphatic carbocycles. The topological polar surface area (TPSA) is 66.8 Å². The van der Waals surface area contributed by atoms with Gasteiger partial charge in [-0.25, -0.2) is 17.2 Å². The molecule has 5 nitrogen and oxygen atoms in total. The average molecular weight is 634 g/mol. The van der Waals surface area contributed by atoms with Crippen molar-refractivity contribution in [3.63, 3.8) is 0 Å². The third-order valence-electron chi connectivity index (χ3n) is 6.68. The van der Waals surface area contributed by atoms with Crippen molar-refractivity contribution in [2.45, 2.75) is 56.3 Å². The molecule has 12 heteroatoms. The predicted octanol–water partition coefficient (Wildman–Crippen LogP) is 7.34. The number of nitrogens with zero attached hydrogens (tertiary/aromatic N) is 1. The molecular weight excluding hydrogens is 601 g/mol. The van der Waals surface area contributed by atoms with Gasteiger partial charge < -0.3 is 9.84 Å². The second kappa shape index (κ2) is 13.3. The Morgan fingerprint density at radius 2 is 1.69 bits per heavy atom. The maximum atomic E-state index is 14.9. The molecule has 3 aromatic rings. The van der Waals surface area contributed by atoms with Crippen LogP contribution in [-0.4, -0.2) is 44.4 Å². The summed E-state index contributed by atoms with van der Waals surface area (Å²) in [7, 11) is -3.91. The highest BCUT2D eigenvalue weighted by atomic mass is 35.5. The van der Waals surface area contributed by atoms with Crippen molar-refractivity contribution in [2.75, 3.05) is 26.0 Å². The van der Waals surface area contributed by atoms with Gasteiger partial charge in [-0.05, 0) is 61.6 Å². The fourth-order valence-electron chi connectivity index (χ4n) is 4.69. The van der Waals surface area contributed by atoms with Crippen molar-refractivity contribution in [1.82, 2.24) is 4.90 Å². The van der Waals surface area contributed by atoms with Crippen LogP contribution < -0.4 is 4.74 Å². The number of hydrogen-bond acceptors (Lipinski definition) is 5. The van der Waals surface area contributed by atoms with E-state index in [0.717, 1.165) is 30.0 Å². The van der Waals surface area contributed by atoms with Crippen molar-refractivity contribution in [3.8, 4) is 5.75 Å². The molecule has 0 saturated carbocycles. The van der Waals surface area contributed by atoms with Gasteiger partial charge in [-0.1, -0.05) is 42.8 Å². The molecule has 3 rings (SSSR count). The maximum Gasteiger partial charge on any atom is 0.417 e. The lowest BCUT2D eigenvalue weighted by atomic mass is 9.97. The second-order valence-corrected chi connectivity index (χ2v) is 13.1. The smallest absolute Gasteiger partial charge is 0.417 e. The van der Waals surface area contributed by atoms with E-state index in [-0.39, 0.29) is 46.7 Å². The third kappa shape index (κ3) is 8.89. The van der Waals surface area contributed by atoms with Crippen LogP contribution in [0, 0.1) is 11.6 Å². The number of halogens is 6. The van der Waals surface area contributed by atoms with Crippen LogP contribution in [-0.2, 0) is 28.2 Å². The van der Waals surface area contributed by atoms with Gasteiger partial charge in [0.05, 0.1) is 27.7 Å². The zero-order chi connectivity index (χ0) is 31.5. The Labute approximate surface area is 247 Å². The minimum absolute atomic E-state index is 0.0300. The van der Waals surface area contributed by atoms with Crippen LogP contribution in [0.5, 0.6) is 5.75 Å². The summed E-state index contributed by atoms with van der Waals surface area (Å²) in [6, 6.07) is 11.8. The van der Waals surface area contributed by atoms with Crippen molar-refractivity contribution in [3.05, 3.63) is 93.5 Å². The second-order valence-electron chi connectivity index (χ2n) is 10.8. The molecule has 42 heavy (non-hydrogen) atoms. The molecule has 0 saturated heterocycles. The summed E-state index contributed by atoms with van der Waals surface area (Å²) in [5.74, 6) is -1.49. The highest BCUT2D eigenvalue weighted by molar-refractivity contribution is 7.90. The Balaban J connectivity index is 1.79. The van der Waals surface area contributed by atoms with Gasteiger partial charge in [0, 0.05) is 37.5 Å². The molecule has 0 radical (unpaired) electrons. The summed E-state index contributed by atoms with van der Waals surface area (Å²) >= 11 is 6.15. The quantitative estimate of drug-likeness (QED) is 0.167. The number of benzene rings is 3. The number of sulfone groups is 1. The largest absolute Gasteiger partial charge is 0.493 e. The van der Waals surface area contributed by atoms with Crippen LogP contribution in [0.3, 0.4) is 0 Å². The first-order valence-corrected chi connectivity index (χ1v) is 15.4. The third-order valence-corrected chi connectivity index (χ3v) is 8.24. The highest BCUT2D eigenvalue weighted by Gasteiger charge is 2.34. The lowest BCUT2D eigenvalue weighted by Gasteiger charge is -2.27. The van der Waals surface area contributed by atoms with Crippen LogP contribution in [0.1, 0.15) is 55.4 Å². The first-order chi connectivity index (χ1) is 19.4. The minimum Gasteiger partial charge on any atom is -0.493 e. The molecule has 0 aromatic heterocycles. The van der Waals surface area contributed by atoms with E-state index < -0.39 is 38.0 Å². The Morgan fingerprint density at radius 3 is 2.26 bits per heavy atom. The average Bonchev–Trinajstić information content (AvgIpc) is 2.85. The van der Waals surface area contributed by atoms with Gasteiger partial charge >= 0.3 is 6.18 Å². The monoisotopic (exact) mass is 633 g/mol. The molecule has 0 aliphatic rings. The van der Waals surface area contributed by atoms with Gasteiger partial charge in [0.1, 0.15) is 17.4 Å². The first kappa shape index (κ1) is 33.8. The van der Waals surface area contributed by atoms with Crippen LogP contribution >= 0.6 is 11.6 Å². The summed E-state index contributed by atoms with van der Waals surface area (Å²) in [6.07, 6.45) is -3.37. The number of alkyl halides is 3. The van der Waals surface area contributed by atoms with Crippen molar-refractivity contribution >= 4 is 21.4 Å². The Morgan fingerprint density at radius 1 is 1.05 bits per heavy atom. The molecule has 1 N–H and O–H groups in total. The summed E-state index contributed by atoms with van der Waals surface area (Å²) in [5.41, 5.74) is -1.94. The number of rotatable bonds is 12. The Bertz CT molecular complexity index is 1490. The summed E-state index contributed by atoms with van der Waals surface area (Å²) in [6.45, 7) is 5.30. The zero-order valence-corrected chi connectivity index (χ0v) is 25.2. The van der Waals surface area contributed by atoms with E-state index in [9.17, 15) is 35.5 Å². The molecule has 1 unspecified atom stereocenters. The van der Waals surface area contributed by atoms with Crippen LogP contribution in [0.2, 0.25) is 5.02 Å². The van der Waals surface area contributed by atoms with Crippen molar-refractivity contribution in [1.29, 1.82) is 0 Å². The van der Waals surface area contributed by atoms with E-state index >= 15 is 0 Å². The summed E-state index contributed by atoms with van der Waals surface area (Å²) in [4.78, 5) is 1.50. The van der Waals surface area contributed by atoms with Crippen LogP contribution in [0.15, 0.2) is 59.5 Å². The Kier molecular flexibility index (Phi) is 10.7. The standard InChI is InChI=1S/C30H33ClF5NO4S/c1-19(20-9-11-22(32)12-10-20)17-37(18-21-7-5-8-24(28(21)31)30(34,35)36)13-6-14-41-23-15-25(33)27(29(2,3)38)26(16-23)42(4,39)40/h5,7-12,15-16,19,38H,6,13-14,17-18H2,1-4H3. The molecule has 0 amide bonds. The SMILES string of the molecule is CC(CN(CCCOc1cc(F)c(C(C)(C)O)c(S(C)(=O)=O)c1)Cc1cccc(C(F)(F)F)c1Cl)c1ccc(F)cc1. The van der Waals surface area contributed by atoms with Gasteiger partial charge in [-0.3, -0.25) is 4.90 Å². The maximum absolute atomic E-state index is 14.9. The number of ether oxygens (including phenoxy) is 1. The minimum atomic E-state index is -4.62. The zero-order valence-electron chi connectivity index (χ0n) is 23.6. The van der Waals surface area contributed by atoms with Gasteiger partial charge in [0.25, 0.3) is 0 Å². The fraction of sp³-hybridized carbons (Fsp3) is 0.400. The van der Waals surface area contributed by atoms with E-state index in [4.69, 9.17) is 16.3 Å². The van der Waals surface area contributed by atoms with E-state index in [1.54, 1.807) is 12.1 Å². The van der Waals surface area contributed by atoms with E-state index in [1.807, 2.05) is 11.8 Å². The summed E-state index contributed by atoms with van der Waals surface area (Å²) < 4.78 is 98.9. The van der Waals surface area contributed by atoms with Gasteiger partial charge in [-0.15, -0.1) is 0 Å². The molecule has 0 spiro atoms. The van der Waals surface area contributed by atoms with Crippen molar-refractivity contribution in [2.24, 2.45) is 0 Å². The van der Waals surface area contributed by atoms with Crippen LogP contribution in [0.4, 0.5) is 22.0 Å². The molecule has 0 aliphatic heterocycles. The van der Waals surface area contributed by atoms with E-state index in [0.29, 0.717) is 19.5 Å². The van der Waals surface area contributed by atoms with Gasteiger partial charge in [0.15, 0.2) is 9.84 Å². The van der Waals surface area contributed by atoms with Gasteiger partial charge in [0.2, 0.25) is 0 Å². The fourth-order valence-corrected chi connectivity index (χ4v) is 6.03.